The maximum Gasteiger partial charge on any atom is 0.360 e. The Labute approximate surface area is 220 Å². The van der Waals surface area contributed by atoms with E-state index in [9.17, 15) is 9.90 Å². The average Bonchev–Trinajstić information content (AvgIpc) is 3.32. The Morgan fingerprint density at radius 1 is 0.889 bits per heavy atom. The predicted molar refractivity (Wildman–Crippen MR) is 140 cm³/mol. The number of hydrogen-bond donors (Lipinski definition) is 0. The van der Waals surface area contributed by atoms with Gasteiger partial charge in [0.15, 0.2) is 0 Å². The van der Waals surface area contributed by atoms with E-state index in [1.807, 2.05) is 26.0 Å². The minimum Gasteiger partial charge on any atom is -0.856 e. The average molecular weight is 525 g/mol. The van der Waals surface area contributed by atoms with Gasteiger partial charge in [-0.15, -0.1) is 0 Å². The van der Waals surface area contributed by atoms with Crippen LogP contribution in [0.25, 0.3) is 0 Å². The molecule has 0 fully saturated rings. The molecule has 186 valence electrons. The number of amides is 1. The summed E-state index contributed by atoms with van der Waals surface area (Å²) >= 11 is 13.3. The summed E-state index contributed by atoms with van der Waals surface area (Å²) in [6.45, 7) is 3.72. The highest BCUT2D eigenvalue weighted by molar-refractivity contribution is 6.38. The molecule has 0 N–H and O–H groups in total. The fraction of sp³-hybridized carbons (Fsp3) is 0.231. The Morgan fingerprint density at radius 3 is 1.86 bits per heavy atom. The highest BCUT2D eigenvalue weighted by atomic mass is 35.5. The number of rotatable bonds is 2. The molecule has 0 atom stereocenters. The van der Waals surface area contributed by atoms with E-state index in [1.54, 1.807) is 84.1 Å². The number of hydrogen-bond acceptors (Lipinski definition) is 5. The molecule has 8 nitrogen and oxygen atoms in total. The predicted octanol–water partition coefficient (Wildman–Crippen LogP) is 3.17. The lowest BCUT2D eigenvalue weighted by molar-refractivity contribution is -0.672. The Balaban J connectivity index is 1.68. The molecular weight excluding hydrogens is 499 g/mol. The summed E-state index contributed by atoms with van der Waals surface area (Å²) in [7, 11) is 7.16. The summed E-state index contributed by atoms with van der Waals surface area (Å²) in [5, 5.41) is 13.6. The van der Waals surface area contributed by atoms with Crippen LogP contribution in [-0.4, -0.2) is 45.8 Å². The van der Waals surface area contributed by atoms with Crippen LogP contribution in [0.15, 0.2) is 103 Å². The van der Waals surface area contributed by atoms with Crippen molar-refractivity contribution < 1.29 is 14.5 Å². The Kier molecular flexibility index (Phi) is 6.93. The first-order valence-electron chi connectivity index (χ1n) is 11.1. The van der Waals surface area contributed by atoms with Crippen molar-refractivity contribution in [1.29, 1.82) is 0 Å². The summed E-state index contributed by atoms with van der Waals surface area (Å²) in [4.78, 5) is 24.8. The van der Waals surface area contributed by atoms with Gasteiger partial charge >= 0.3 is 11.7 Å². The van der Waals surface area contributed by atoms with Gasteiger partial charge in [-0.05, 0) is 49.3 Å². The maximum atomic E-state index is 12.8. The largest absolute Gasteiger partial charge is 0.856 e. The van der Waals surface area contributed by atoms with Crippen LogP contribution in [0.1, 0.15) is 24.5 Å². The third-order valence-electron chi connectivity index (χ3n) is 6.05. The van der Waals surface area contributed by atoms with Crippen LogP contribution < -0.4 is 9.67 Å². The smallest absolute Gasteiger partial charge is 0.360 e. The molecule has 36 heavy (non-hydrogen) atoms. The van der Waals surface area contributed by atoms with Gasteiger partial charge in [0.05, 0.1) is 35.6 Å². The molecule has 3 aliphatic rings. The van der Waals surface area contributed by atoms with Crippen molar-refractivity contribution in [3.63, 3.8) is 0 Å². The molecule has 1 amide bonds. The van der Waals surface area contributed by atoms with Crippen molar-refractivity contribution in [2.24, 2.45) is 24.1 Å². The second kappa shape index (κ2) is 9.79. The Morgan fingerprint density at radius 2 is 1.39 bits per heavy atom. The standard InChI is InChI=1S/C26H26Cl2N6O2/c1-15-11-17(19(27)13-21(15)29-23(35)25-31(3)7-8-32(25)4)18-12-16(2)22(14-20(18)28)30-24(36)26-33(5)9-10-34(26)6/h7-14H,1-6H3. The number of aliphatic imine (C=N–C) groups is 2. The summed E-state index contributed by atoms with van der Waals surface area (Å²) in [5.74, 6) is 0.165. The van der Waals surface area contributed by atoms with E-state index in [1.165, 1.54) is 0 Å². The van der Waals surface area contributed by atoms with Gasteiger partial charge in [0, 0.05) is 43.5 Å². The third kappa shape index (κ3) is 4.74. The van der Waals surface area contributed by atoms with Crippen LogP contribution in [0.3, 0.4) is 0 Å². The zero-order chi connectivity index (χ0) is 26.3. The van der Waals surface area contributed by atoms with Gasteiger partial charge in [-0.2, -0.15) is 0 Å². The number of allylic oxidation sites excluding steroid dienone is 10. The summed E-state index contributed by atoms with van der Waals surface area (Å²) in [6, 6.07) is 0. The second-order valence-corrected chi connectivity index (χ2v) is 9.57. The van der Waals surface area contributed by atoms with E-state index < -0.39 is 0 Å². The van der Waals surface area contributed by atoms with Crippen molar-refractivity contribution in [2.75, 3.05) is 14.1 Å². The molecule has 0 saturated heterocycles. The van der Waals surface area contributed by atoms with Crippen molar-refractivity contribution in [3.8, 4) is 0 Å². The van der Waals surface area contributed by atoms with Gasteiger partial charge in [0.1, 0.15) is 18.2 Å². The fourth-order valence-corrected chi connectivity index (χ4v) is 4.62. The molecular formula is C26H26Cl2N6O2. The first kappa shape index (κ1) is 25.5. The molecule has 4 rings (SSSR count). The molecule has 0 spiro atoms. The lowest BCUT2D eigenvalue weighted by atomic mass is 9.92. The number of imidazole rings is 1. The fourth-order valence-electron chi connectivity index (χ4n) is 4.10. The van der Waals surface area contributed by atoms with Crippen molar-refractivity contribution in [2.45, 2.75) is 13.8 Å². The number of carbonyl (C=O) groups is 1. The quantitative estimate of drug-likeness (QED) is 0.439. The van der Waals surface area contributed by atoms with E-state index in [2.05, 4.69) is 9.98 Å². The first-order valence-corrected chi connectivity index (χ1v) is 11.9. The maximum absolute atomic E-state index is 12.8. The summed E-state index contributed by atoms with van der Waals surface area (Å²) in [5.41, 5.74) is 3.91. The highest BCUT2D eigenvalue weighted by Gasteiger charge is 2.24. The van der Waals surface area contributed by atoms with Gasteiger partial charge in [-0.3, -0.25) is 9.79 Å². The van der Waals surface area contributed by atoms with Crippen molar-refractivity contribution >= 4 is 40.5 Å². The van der Waals surface area contributed by atoms with Gasteiger partial charge in [0.2, 0.25) is 0 Å². The van der Waals surface area contributed by atoms with Crippen LogP contribution in [0.4, 0.5) is 0 Å². The van der Waals surface area contributed by atoms with E-state index >= 15 is 0 Å². The molecule has 0 aromatic carbocycles. The van der Waals surface area contributed by atoms with E-state index in [0.717, 1.165) is 11.1 Å². The molecule has 0 unspecified atom stereocenters. The molecule has 2 heterocycles. The van der Waals surface area contributed by atoms with Crippen molar-refractivity contribution in [3.05, 3.63) is 99.0 Å². The normalized spacial score (nSPS) is 22.3. The van der Waals surface area contributed by atoms with Crippen molar-refractivity contribution in [1.82, 2.24) is 14.4 Å². The number of halogens is 2. The molecule has 10 heteroatoms. The van der Waals surface area contributed by atoms with Gasteiger partial charge in [-0.25, -0.2) is 14.1 Å². The zero-order valence-corrected chi connectivity index (χ0v) is 22.4. The van der Waals surface area contributed by atoms with Crippen LogP contribution >= 0.6 is 23.2 Å². The third-order valence-corrected chi connectivity index (χ3v) is 6.68. The molecule has 2 aliphatic carbocycles. The monoisotopic (exact) mass is 524 g/mol. The zero-order valence-electron chi connectivity index (χ0n) is 20.9. The Bertz CT molecular complexity index is 1410. The molecule has 0 bridgehead atoms. The molecule has 0 radical (unpaired) electrons. The Hall–Kier alpha value is -3.62. The molecule has 1 aromatic rings. The van der Waals surface area contributed by atoms with E-state index in [0.29, 0.717) is 44.3 Å². The lowest BCUT2D eigenvalue weighted by Crippen LogP contribution is -2.34. The van der Waals surface area contributed by atoms with Crippen LogP contribution in [-0.2, 0) is 14.1 Å². The number of carbonyl (C=O) groups excluding carboxylic acids is 1. The van der Waals surface area contributed by atoms with Gasteiger partial charge < -0.3 is 14.9 Å². The topological polar surface area (TPSA) is 80.1 Å². The lowest BCUT2D eigenvalue weighted by Gasteiger charge is -2.24. The van der Waals surface area contributed by atoms with Gasteiger partial charge in [-0.1, -0.05) is 23.2 Å². The minimum absolute atomic E-state index is 0.368. The minimum atomic E-state index is -0.368. The molecule has 1 aliphatic heterocycles. The van der Waals surface area contributed by atoms with Crippen LogP contribution in [0.5, 0.6) is 0 Å². The molecule has 1 aromatic heterocycles. The number of aryl methyl sites for hydroxylation is 2. The second-order valence-electron chi connectivity index (χ2n) is 8.76. The summed E-state index contributed by atoms with van der Waals surface area (Å²) < 4.78 is 3.43. The van der Waals surface area contributed by atoms with E-state index in [-0.39, 0.29) is 11.8 Å². The number of nitrogens with zero attached hydrogens (tertiary/aromatic N) is 6. The summed E-state index contributed by atoms with van der Waals surface area (Å²) in [6.07, 6.45) is 14.2. The molecule has 0 saturated carbocycles. The van der Waals surface area contributed by atoms with Crippen LogP contribution in [0.2, 0.25) is 0 Å². The number of aromatic nitrogens is 2. The van der Waals surface area contributed by atoms with Crippen LogP contribution in [0, 0.1) is 0 Å². The SMILES string of the molecule is CC1=CC(=C2C=C(C)C(=NC([O-])=C3N(C)C=CN3C)C=C2Cl)C(Cl)=CC1=NC(=O)c1n(C)cc[n+]1C. The first-order chi connectivity index (χ1) is 17.0. The van der Waals surface area contributed by atoms with Gasteiger partial charge in [0.25, 0.3) is 0 Å². The highest BCUT2D eigenvalue weighted by Crippen LogP contribution is 2.35. The van der Waals surface area contributed by atoms with E-state index in [4.69, 9.17) is 23.2 Å².